The molecule has 4 heteroatoms. The standard InChI is InChI=1S/C16H12INO2/c1-19-13-5-6-15-11(9-13)7-8-18-16(15)20-14-4-2-3-12(17)10-14/h2-10H,1H3. The van der Waals surface area contributed by atoms with E-state index in [1.54, 1.807) is 13.3 Å². The second-order valence-electron chi connectivity index (χ2n) is 4.26. The number of aromatic nitrogens is 1. The van der Waals surface area contributed by atoms with Gasteiger partial charge in [0.1, 0.15) is 11.5 Å². The van der Waals surface area contributed by atoms with E-state index in [0.29, 0.717) is 5.88 Å². The molecule has 0 aliphatic carbocycles. The van der Waals surface area contributed by atoms with E-state index >= 15 is 0 Å². The summed E-state index contributed by atoms with van der Waals surface area (Å²) in [4.78, 5) is 4.32. The lowest BCUT2D eigenvalue weighted by Crippen LogP contribution is -1.90. The molecule has 2 aromatic carbocycles. The van der Waals surface area contributed by atoms with Gasteiger partial charge in [0.25, 0.3) is 0 Å². The van der Waals surface area contributed by atoms with E-state index in [1.807, 2.05) is 48.5 Å². The predicted molar refractivity (Wildman–Crippen MR) is 87.5 cm³/mol. The normalized spacial score (nSPS) is 10.5. The highest BCUT2D eigenvalue weighted by atomic mass is 127. The van der Waals surface area contributed by atoms with Gasteiger partial charge in [-0.25, -0.2) is 4.98 Å². The molecule has 0 unspecified atom stereocenters. The third kappa shape index (κ3) is 2.70. The maximum Gasteiger partial charge on any atom is 0.227 e. The number of halogens is 1. The fourth-order valence-corrected chi connectivity index (χ4v) is 2.49. The van der Waals surface area contributed by atoms with Crippen molar-refractivity contribution < 1.29 is 9.47 Å². The number of methoxy groups -OCH3 is 1. The van der Waals surface area contributed by atoms with Crippen LogP contribution in [0.4, 0.5) is 0 Å². The average Bonchev–Trinajstić information content (AvgIpc) is 2.47. The minimum Gasteiger partial charge on any atom is -0.497 e. The Bertz CT molecular complexity index is 758. The fraction of sp³-hybridized carbons (Fsp3) is 0.0625. The number of benzene rings is 2. The number of rotatable bonds is 3. The van der Waals surface area contributed by atoms with Crippen molar-refractivity contribution in [2.75, 3.05) is 7.11 Å². The molecule has 3 nitrogen and oxygen atoms in total. The van der Waals surface area contributed by atoms with E-state index in [1.165, 1.54) is 0 Å². The van der Waals surface area contributed by atoms with E-state index in [4.69, 9.17) is 9.47 Å². The van der Waals surface area contributed by atoms with Crippen LogP contribution < -0.4 is 9.47 Å². The Kier molecular flexibility index (Phi) is 3.73. The first kappa shape index (κ1) is 13.2. The quantitative estimate of drug-likeness (QED) is 0.624. The molecule has 1 heterocycles. The highest BCUT2D eigenvalue weighted by Gasteiger charge is 2.06. The molecule has 0 fully saturated rings. The Labute approximate surface area is 130 Å². The summed E-state index contributed by atoms with van der Waals surface area (Å²) in [5, 5.41) is 2.01. The minimum atomic E-state index is 0.604. The molecule has 0 bridgehead atoms. The Morgan fingerprint density at radius 3 is 2.70 bits per heavy atom. The largest absolute Gasteiger partial charge is 0.497 e. The molecule has 20 heavy (non-hydrogen) atoms. The van der Waals surface area contributed by atoms with Crippen molar-refractivity contribution in [3.05, 3.63) is 58.3 Å². The number of hydrogen-bond acceptors (Lipinski definition) is 3. The second-order valence-corrected chi connectivity index (χ2v) is 5.51. The topological polar surface area (TPSA) is 31.4 Å². The van der Waals surface area contributed by atoms with Gasteiger partial charge in [0.05, 0.1) is 7.11 Å². The average molecular weight is 377 g/mol. The molecule has 0 aliphatic heterocycles. The van der Waals surface area contributed by atoms with Gasteiger partial charge in [-0.3, -0.25) is 0 Å². The molecule has 0 atom stereocenters. The van der Waals surface area contributed by atoms with Gasteiger partial charge in [-0.1, -0.05) is 6.07 Å². The molecule has 0 saturated heterocycles. The zero-order valence-corrected chi connectivity index (χ0v) is 13.0. The van der Waals surface area contributed by atoms with E-state index in [0.717, 1.165) is 25.8 Å². The Morgan fingerprint density at radius 2 is 1.90 bits per heavy atom. The van der Waals surface area contributed by atoms with Crippen LogP contribution in [-0.4, -0.2) is 12.1 Å². The lowest BCUT2D eigenvalue weighted by molar-refractivity contribution is 0.415. The van der Waals surface area contributed by atoms with Gasteiger partial charge in [-0.15, -0.1) is 0 Å². The van der Waals surface area contributed by atoms with E-state index in [-0.39, 0.29) is 0 Å². The zero-order chi connectivity index (χ0) is 13.9. The van der Waals surface area contributed by atoms with Crippen LogP contribution in [0.1, 0.15) is 0 Å². The van der Waals surface area contributed by atoms with Crippen LogP contribution in [0.2, 0.25) is 0 Å². The molecule has 100 valence electrons. The number of hydrogen-bond donors (Lipinski definition) is 0. The van der Waals surface area contributed by atoms with E-state index in [2.05, 4.69) is 27.6 Å². The van der Waals surface area contributed by atoms with Gasteiger partial charge >= 0.3 is 0 Å². The van der Waals surface area contributed by atoms with Crippen LogP contribution in [-0.2, 0) is 0 Å². The van der Waals surface area contributed by atoms with Crippen LogP contribution in [0, 0.1) is 3.57 Å². The fourth-order valence-electron chi connectivity index (χ4n) is 1.98. The van der Waals surface area contributed by atoms with Crippen molar-refractivity contribution >= 4 is 33.4 Å². The van der Waals surface area contributed by atoms with Crippen molar-refractivity contribution in [1.29, 1.82) is 0 Å². The molecule has 3 rings (SSSR count). The van der Waals surface area contributed by atoms with Crippen molar-refractivity contribution in [3.63, 3.8) is 0 Å². The summed E-state index contributed by atoms with van der Waals surface area (Å²) in [5.74, 6) is 2.21. The zero-order valence-electron chi connectivity index (χ0n) is 10.8. The highest BCUT2D eigenvalue weighted by molar-refractivity contribution is 14.1. The summed E-state index contributed by atoms with van der Waals surface area (Å²) in [6, 6.07) is 15.7. The first-order valence-corrected chi connectivity index (χ1v) is 7.20. The third-order valence-electron chi connectivity index (χ3n) is 2.95. The van der Waals surface area contributed by atoms with Crippen molar-refractivity contribution in [2.45, 2.75) is 0 Å². The number of fused-ring (bicyclic) bond motifs is 1. The van der Waals surface area contributed by atoms with Crippen molar-refractivity contribution in [2.24, 2.45) is 0 Å². The number of pyridine rings is 1. The summed E-state index contributed by atoms with van der Waals surface area (Å²) >= 11 is 2.26. The third-order valence-corrected chi connectivity index (χ3v) is 3.62. The monoisotopic (exact) mass is 377 g/mol. The molecule has 0 spiro atoms. The van der Waals surface area contributed by atoms with Crippen molar-refractivity contribution in [3.8, 4) is 17.4 Å². The smallest absolute Gasteiger partial charge is 0.227 e. The predicted octanol–water partition coefficient (Wildman–Crippen LogP) is 4.64. The molecular formula is C16H12INO2. The Hall–Kier alpha value is -1.82. The molecule has 3 aromatic rings. The molecule has 0 amide bonds. The SMILES string of the molecule is COc1ccc2c(Oc3cccc(I)c3)nccc2c1. The maximum atomic E-state index is 5.89. The molecular weight excluding hydrogens is 365 g/mol. The molecule has 0 N–H and O–H groups in total. The molecule has 1 aromatic heterocycles. The van der Waals surface area contributed by atoms with Crippen LogP contribution >= 0.6 is 22.6 Å². The van der Waals surface area contributed by atoms with Gasteiger partial charge < -0.3 is 9.47 Å². The maximum absolute atomic E-state index is 5.89. The van der Waals surface area contributed by atoms with Gasteiger partial charge in [0.2, 0.25) is 5.88 Å². The second kappa shape index (κ2) is 5.66. The minimum absolute atomic E-state index is 0.604. The summed E-state index contributed by atoms with van der Waals surface area (Å²) in [7, 11) is 1.66. The molecule has 0 saturated carbocycles. The number of nitrogens with zero attached hydrogens (tertiary/aromatic N) is 1. The lowest BCUT2D eigenvalue weighted by atomic mass is 10.1. The highest BCUT2D eigenvalue weighted by Crippen LogP contribution is 2.30. The van der Waals surface area contributed by atoms with Crippen LogP contribution in [0.5, 0.6) is 17.4 Å². The first-order valence-electron chi connectivity index (χ1n) is 6.12. The van der Waals surface area contributed by atoms with Crippen LogP contribution in [0.15, 0.2) is 54.7 Å². The summed E-state index contributed by atoms with van der Waals surface area (Å²) in [5.41, 5.74) is 0. The van der Waals surface area contributed by atoms with Crippen molar-refractivity contribution in [1.82, 2.24) is 4.98 Å². The number of ether oxygens (including phenoxy) is 2. The first-order chi connectivity index (χ1) is 9.76. The van der Waals surface area contributed by atoms with Crippen LogP contribution in [0.3, 0.4) is 0 Å². The summed E-state index contributed by atoms with van der Waals surface area (Å²) in [6.45, 7) is 0. The van der Waals surface area contributed by atoms with E-state index < -0.39 is 0 Å². The van der Waals surface area contributed by atoms with Gasteiger partial charge in [0, 0.05) is 15.2 Å². The molecule has 0 radical (unpaired) electrons. The van der Waals surface area contributed by atoms with Gasteiger partial charge in [-0.2, -0.15) is 0 Å². The summed E-state index contributed by atoms with van der Waals surface area (Å²) in [6.07, 6.45) is 1.74. The molecule has 0 aliphatic rings. The van der Waals surface area contributed by atoms with E-state index in [9.17, 15) is 0 Å². The summed E-state index contributed by atoms with van der Waals surface area (Å²) < 4.78 is 12.3. The van der Waals surface area contributed by atoms with Crippen LogP contribution in [0.25, 0.3) is 10.8 Å². The van der Waals surface area contributed by atoms with Gasteiger partial charge in [0.15, 0.2) is 0 Å². The Balaban J connectivity index is 2.03. The van der Waals surface area contributed by atoms with Gasteiger partial charge in [-0.05, 0) is 70.4 Å². The lowest BCUT2D eigenvalue weighted by Gasteiger charge is -2.09. The Morgan fingerprint density at radius 1 is 1.00 bits per heavy atom.